The lowest BCUT2D eigenvalue weighted by Crippen LogP contribution is -2.06. The highest BCUT2D eigenvalue weighted by atomic mass is 32.1. The molecule has 0 saturated carbocycles. The van der Waals surface area contributed by atoms with Crippen molar-refractivity contribution in [2.75, 3.05) is 0 Å². The lowest BCUT2D eigenvalue weighted by molar-refractivity contribution is 0.0989. The van der Waals surface area contributed by atoms with Gasteiger partial charge in [0, 0.05) is 11.6 Å². The summed E-state index contributed by atoms with van der Waals surface area (Å²) in [6.45, 7) is 1.65. The van der Waals surface area contributed by atoms with E-state index in [9.17, 15) is 9.18 Å². The lowest BCUT2D eigenvalue weighted by Gasteiger charge is -2.03. The fourth-order valence-corrected chi connectivity index (χ4v) is 2.05. The topological polar surface area (TPSA) is 30.0 Å². The number of Topliss-reactive ketones (excluding diaryl/α,β-unsaturated/α-hetero) is 1. The van der Waals surface area contributed by atoms with Gasteiger partial charge in [-0.2, -0.15) is 0 Å². The number of ketones is 1. The van der Waals surface area contributed by atoms with E-state index in [1.807, 2.05) is 0 Å². The molecule has 2 aromatic rings. The first kappa shape index (κ1) is 11.0. The molecule has 2 nitrogen and oxygen atoms in total. The molecule has 0 N–H and O–H groups in total. The van der Waals surface area contributed by atoms with Crippen LogP contribution in [0.1, 0.15) is 20.9 Å². The number of aromatic nitrogens is 1. The molecular formula is C12H10FNOS. The number of aryl methyl sites for hydroxylation is 1. The molecule has 1 aromatic carbocycles. The van der Waals surface area contributed by atoms with Crippen LogP contribution in [-0.2, 0) is 6.42 Å². The average Bonchev–Trinajstić information content (AvgIpc) is 2.74. The number of carbonyl (C=O) groups excluding carboxylic acids is 1. The molecular weight excluding hydrogens is 225 g/mol. The zero-order valence-electron chi connectivity index (χ0n) is 8.74. The first-order chi connectivity index (χ1) is 7.68. The van der Waals surface area contributed by atoms with E-state index < -0.39 is 5.82 Å². The van der Waals surface area contributed by atoms with Gasteiger partial charge >= 0.3 is 0 Å². The molecule has 1 aromatic heterocycles. The van der Waals surface area contributed by atoms with Crippen LogP contribution in [0.5, 0.6) is 0 Å². The molecule has 0 saturated heterocycles. The first-order valence-electron chi connectivity index (χ1n) is 4.85. The monoisotopic (exact) mass is 235 g/mol. The van der Waals surface area contributed by atoms with Crippen molar-refractivity contribution >= 4 is 17.1 Å². The summed E-state index contributed by atoms with van der Waals surface area (Å²) in [6.07, 6.45) is 1.80. The fourth-order valence-electron chi connectivity index (χ4n) is 1.44. The van der Waals surface area contributed by atoms with Crippen LogP contribution >= 0.6 is 11.3 Å². The van der Waals surface area contributed by atoms with Gasteiger partial charge < -0.3 is 0 Å². The van der Waals surface area contributed by atoms with E-state index in [1.54, 1.807) is 30.6 Å². The number of rotatable bonds is 3. The van der Waals surface area contributed by atoms with Gasteiger partial charge in [0.05, 0.1) is 12.0 Å². The molecule has 0 aliphatic heterocycles. The maximum Gasteiger partial charge on any atom is 0.172 e. The molecule has 0 spiro atoms. The van der Waals surface area contributed by atoms with Crippen LogP contribution in [0.4, 0.5) is 4.39 Å². The highest BCUT2D eigenvalue weighted by Crippen LogP contribution is 2.15. The Balaban J connectivity index is 2.24. The average molecular weight is 235 g/mol. The second-order valence-corrected chi connectivity index (χ2v) is 4.44. The predicted octanol–water partition coefficient (Wildman–Crippen LogP) is 3.02. The molecule has 0 atom stereocenters. The third-order valence-corrected chi connectivity index (χ3v) is 3.07. The Morgan fingerprint density at radius 2 is 2.31 bits per heavy atom. The third kappa shape index (κ3) is 2.17. The molecule has 82 valence electrons. The van der Waals surface area contributed by atoms with Crippen molar-refractivity contribution in [3.8, 4) is 0 Å². The highest BCUT2D eigenvalue weighted by Gasteiger charge is 2.14. The minimum Gasteiger partial charge on any atom is -0.294 e. The minimum absolute atomic E-state index is 0.148. The second-order valence-electron chi connectivity index (χ2n) is 3.46. The molecule has 0 amide bonds. The summed E-state index contributed by atoms with van der Waals surface area (Å²) in [5.41, 5.74) is 0.639. The van der Waals surface area contributed by atoms with Crippen molar-refractivity contribution in [3.63, 3.8) is 0 Å². The van der Waals surface area contributed by atoms with E-state index >= 15 is 0 Å². The number of nitrogens with zero attached hydrogens (tertiary/aromatic N) is 1. The smallest absolute Gasteiger partial charge is 0.172 e. The summed E-state index contributed by atoms with van der Waals surface area (Å²) in [7, 11) is 0. The third-order valence-electron chi connectivity index (χ3n) is 2.29. The van der Waals surface area contributed by atoms with E-state index in [4.69, 9.17) is 0 Å². The van der Waals surface area contributed by atoms with Gasteiger partial charge in [0.15, 0.2) is 5.78 Å². The number of halogens is 1. The van der Waals surface area contributed by atoms with Crippen LogP contribution in [0.2, 0.25) is 0 Å². The Bertz CT molecular complexity index is 508. The van der Waals surface area contributed by atoms with Gasteiger partial charge in [-0.3, -0.25) is 4.79 Å². The Kier molecular flexibility index (Phi) is 3.10. The standard InChI is InChI=1S/C12H10FNOS/c1-8-3-2-4-9(12(8)13)10(15)7-11-14-5-6-16-11/h2-6H,7H2,1H3. The van der Waals surface area contributed by atoms with Crippen LogP contribution in [-0.4, -0.2) is 10.8 Å². The van der Waals surface area contributed by atoms with Gasteiger partial charge in [-0.05, 0) is 18.6 Å². The van der Waals surface area contributed by atoms with Crippen molar-refractivity contribution in [2.45, 2.75) is 13.3 Å². The van der Waals surface area contributed by atoms with Crippen molar-refractivity contribution in [1.82, 2.24) is 4.98 Å². The van der Waals surface area contributed by atoms with Crippen LogP contribution in [0.25, 0.3) is 0 Å². The van der Waals surface area contributed by atoms with Crippen molar-refractivity contribution in [1.29, 1.82) is 0 Å². The maximum atomic E-state index is 13.6. The van der Waals surface area contributed by atoms with E-state index in [0.29, 0.717) is 10.6 Å². The Morgan fingerprint density at radius 1 is 1.50 bits per heavy atom. The minimum atomic E-state index is -0.427. The zero-order chi connectivity index (χ0) is 11.5. The van der Waals surface area contributed by atoms with Gasteiger partial charge in [0.2, 0.25) is 0 Å². The zero-order valence-corrected chi connectivity index (χ0v) is 9.55. The molecule has 0 unspecified atom stereocenters. The van der Waals surface area contributed by atoms with Gasteiger partial charge in [0.1, 0.15) is 10.8 Å². The molecule has 2 rings (SSSR count). The van der Waals surface area contributed by atoms with Gasteiger partial charge in [0.25, 0.3) is 0 Å². The van der Waals surface area contributed by atoms with Crippen molar-refractivity contribution in [3.05, 3.63) is 51.7 Å². The molecule has 0 aliphatic carbocycles. The summed E-state index contributed by atoms with van der Waals surface area (Å²) in [4.78, 5) is 15.8. The number of benzene rings is 1. The largest absolute Gasteiger partial charge is 0.294 e. The second kappa shape index (κ2) is 4.53. The first-order valence-corrected chi connectivity index (χ1v) is 5.73. The molecule has 0 bridgehead atoms. The van der Waals surface area contributed by atoms with Gasteiger partial charge in [-0.15, -0.1) is 11.3 Å². The molecule has 0 radical (unpaired) electrons. The maximum absolute atomic E-state index is 13.6. The number of hydrogen-bond acceptors (Lipinski definition) is 3. The van der Waals surface area contributed by atoms with E-state index in [0.717, 1.165) is 0 Å². The number of thiazole rings is 1. The normalized spacial score (nSPS) is 10.4. The van der Waals surface area contributed by atoms with E-state index in [-0.39, 0.29) is 17.8 Å². The van der Waals surface area contributed by atoms with E-state index in [1.165, 1.54) is 17.4 Å². The Morgan fingerprint density at radius 3 is 3.00 bits per heavy atom. The highest BCUT2D eigenvalue weighted by molar-refractivity contribution is 7.09. The van der Waals surface area contributed by atoms with Crippen molar-refractivity contribution in [2.24, 2.45) is 0 Å². The molecule has 4 heteroatoms. The van der Waals surface area contributed by atoms with Crippen LogP contribution in [0.15, 0.2) is 29.8 Å². The molecule has 16 heavy (non-hydrogen) atoms. The number of carbonyl (C=O) groups is 1. The van der Waals surface area contributed by atoms with E-state index in [2.05, 4.69) is 4.98 Å². The van der Waals surface area contributed by atoms with Crippen LogP contribution < -0.4 is 0 Å². The summed E-state index contributed by atoms with van der Waals surface area (Å²) >= 11 is 1.40. The van der Waals surface area contributed by atoms with Crippen LogP contribution in [0, 0.1) is 12.7 Å². The summed E-state index contributed by atoms with van der Waals surface area (Å²) in [5, 5.41) is 2.51. The van der Waals surface area contributed by atoms with Crippen molar-refractivity contribution < 1.29 is 9.18 Å². The number of hydrogen-bond donors (Lipinski definition) is 0. The summed E-state index contributed by atoms with van der Waals surface area (Å²) in [5.74, 6) is -0.653. The molecule has 0 fully saturated rings. The molecule has 1 heterocycles. The Hall–Kier alpha value is -1.55. The SMILES string of the molecule is Cc1cccc(C(=O)Cc2nccs2)c1F. The lowest BCUT2D eigenvalue weighted by atomic mass is 10.1. The van der Waals surface area contributed by atoms with Crippen LogP contribution in [0.3, 0.4) is 0 Å². The Labute approximate surface area is 96.8 Å². The fraction of sp³-hybridized carbons (Fsp3) is 0.167. The van der Waals surface area contributed by atoms with Gasteiger partial charge in [-0.1, -0.05) is 12.1 Å². The van der Waals surface area contributed by atoms with Gasteiger partial charge in [-0.25, -0.2) is 9.37 Å². The summed E-state index contributed by atoms with van der Waals surface area (Å²) < 4.78 is 13.6. The quantitative estimate of drug-likeness (QED) is 0.765. The predicted molar refractivity (Wildman–Crippen MR) is 61.3 cm³/mol. The summed E-state index contributed by atoms with van der Waals surface area (Å²) in [6, 6.07) is 4.85. The molecule has 0 aliphatic rings.